The fourth-order valence-corrected chi connectivity index (χ4v) is 6.66. The molecule has 0 aliphatic rings. The first-order valence-electron chi connectivity index (χ1n) is 20.7. The van der Waals surface area contributed by atoms with E-state index in [1.165, 1.54) is 219 Å². The van der Waals surface area contributed by atoms with Crippen molar-refractivity contribution in [3.05, 3.63) is 0 Å². The van der Waals surface area contributed by atoms with E-state index < -0.39 is 10.4 Å². The fourth-order valence-electron chi connectivity index (χ4n) is 6.66. The summed E-state index contributed by atoms with van der Waals surface area (Å²) in [7, 11) is -1.21. The Labute approximate surface area is 296 Å². The van der Waals surface area contributed by atoms with Gasteiger partial charge < -0.3 is 14.1 Å². The minimum Gasteiger partial charge on any atom is -0.726 e. The molecule has 286 valence electrons. The average Bonchev–Trinajstić information content (AvgIpc) is 3.04. The number of likely N-dealkylation sites (N-methyl/N-ethyl adjacent to an activating group) is 1. The topological polar surface area (TPSA) is 86.7 Å². The second-order valence-electron chi connectivity index (χ2n) is 14.7. The number of rotatable bonds is 37. The maximum absolute atomic E-state index is 9.66. The maximum atomic E-state index is 9.66. The van der Waals surface area contributed by atoms with Gasteiger partial charge in [0.1, 0.15) is 6.54 Å². The van der Waals surface area contributed by atoms with Crippen LogP contribution in [-0.2, 0) is 14.6 Å². The van der Waals surface area contributed by atoms with Gasteiger partial charge >= 0.3 is 0 Å². The number of unbranched alkanes of at least 4 members (excludes halogenated alkanes) is 30. The molecular formula is C40H85NO5S. The normalized spacial score (nSPS) is 12.0. The van der Waals surface area contributed by atoms with Gasteiger partial charge in [0.05, 0.1) is 33.9 Å². The van der Waals surface area contributed by atoms with Crippen LogP contribution < -0.4 is 0 Å². The number of nitrogens with zero attached hydrogens (tertiary/aromatic N) is 1. The Morgan fingerprint density at radius 2 is 0.638 bits per heavy atom. The molecule has 0 aliphatic carbocycles. The van der Waals surface area contributed by atoms with Gasteiger partial charge in [-0.3, -0.25) is 4.18 Å². The number of hydrogen-bond acceptors (Lipinski definition) is 5. The molecule has 0 saturated heterocycles. The molecule has 1 N–H and O–H groups in total. The molecule has 0 aromatic heterocycles. The van der Waals surface area contributed by atoms with E-state index in [4.69, 9.17) is 0 Å². The lowest BCUT2D eigenvalue weighted by atomic mass is 10.0. The van der Waals surface area contributed by atoms with E-state index in [9.17, 15) is 18.1 Å². The molecule has 0 bridgehead atoms. The largest absolute Gasteiger partial charge is 0.726 e. The minimum absolute atomic E-state index is 0.341. The van der Waals surface area contributed by atoms with Gasteiger partial charge in [-0.15, -0.1) is 0 Å². The quantitative estimate of drug-likeness (QED) is 0.0303. The van der Waals surface area contributed by atoms with Crippen LogP contribution >= 0.6 is 0 Å². The molecule has 7 heteroatoms. The second kappa shape index (κ2) is 38.6. The summed E-state index contributed by atoms with van der Waals surface area (Å²) in [5.41, 5.74) is 0. The molecule has 6 nitrogen and oxygen atoms in total. The summed E-state index contributed by atoms with van der Waals surface area (Å²) in [6, 6.07) is 0. The van der Waals surface area contributed by atoms with Crippen molar-refractivity contribution in [3.63, 3.8) is 0 Å². The van der Waals surface area contributed by atoms with E-state index >= 15 is 0 Å². The standard InChI is InChI=1S/C39H82NO.CH4O4S/c1-4-6-8-10-12-14-16-18-20-22-24-26-28-30-32-34-36-40(3,38-39-41)37-35-33-31-29-27-25-23-21-19-17-15-13-11-9-7-5-2;1-5-6(2,3)4/h41H,4-39H2,1-3H3;1H3,(H,2,3,4)/q+1;/p-1. The van der Waals surface area contributed by atoms with Crippen LogP contribution in [0.25, 0.3) is 0 Å². The predicted octanol–water partition coefficient (Wildman–Crippen LogP) is 12.0. The average molecular weight is 692 g/mol. The van der Waals surface area contributed by atoms with Crippen molar-refractivity contribution in [2.24, 2.45) is 0 Å². The van der Waals surface area contributed by atoms with Gasteiger partial charge in [-0.2, -0.15) is 0 Å². The third-order valence-corrected chi connectivity index (χ3v) is 10.4. The van der Waals surface area contributed by atoms with Crippen LogP contribution in [0.1, 0.15) is 219 Å². The van der Waals surface area contributed by atoms with Crippen LogP contribution in [0.15, 0.2) is 0 Å². The van der Waals surface area contributed by atoms with E-state index in [1.807, 2.05) is 0 Å². The van der Waals surface area contributed by atoms with Crippen molar-refractivity contribution in [2.45, 2.75) is 219 Å². The van der Waals surface area contributed by atoms with Crippen LogP contribution in [0.5, 0.6) is 0 Å². The highest BCUT2D eigenvalue weighted by Gasteiger charge is 2.19. The second-order valence-corrected chi connectivity index (χ2v) is 15.8. The minimum atomic E-state index is -4.41. The van der Waals surface area contributed by atoms with Crippen molar-refractivity contribution in [1.29, 1.82) is 0 Å². The molecule has 0 heterocycles. The van der Waals surface area contributed by atoms with Gasteiger partial charge in [-0.05, 0) is 25.7 Å². The first kappa shape index (κ1) is 48.9. The molecule has 0 radical (unpaired) electrons. The first-order chi connectivity index (χ1) is 22.7. The number of hydrogen-bond donors (Lipinski definition) is 1. The molecule has 0 saturated carbocycles. The van der Waals surface area contributed by atoms with Crippen molar-refractivity contribution in [2.75, 3.05) is 40.4 Å². The summed E-state index contributed by atoms with van der Waals surface area (Å²) in [6.45, 7) is 8.41. The zero-order chi connectivity index (χ0) is 35.2. The third-order valence-electron chi connectivity index (χ3n) is 9.95. The highest BCUT2D eigenvalue weighted by molar-refractivity contribution is 7.80. The molecule has 0 atom stereocenters. The van der Waals surface area contributed by atoms with Gasteiger partial charge in [0, 0.05) is 0 Å². The predicted molar refractivity (Wildman–Crippen MR) is 204 cm³/mol. The zero-order valence-electron chi connectivity index (χ0n) is 32.4. The van der Waals surface area contributed by atoms with Gasteiger partial charge in [-0.25, -0.2) is 8.42 Å². The van der Waals surface area contributed by atoms with Crippen molar-refractivity contribution in [3.8, 4) is 0 Å². The van der Waals surface area contributed by atoms with E-state index in [-0.39, 0.29) is 0 Å². The lowest BCUT2D eigenvalue weighted by Gasteiger charge is -2.34. The highest BCUT2D eigenvalue weighted by Crippen LogP contribution is 2.17. The molecule has 0 aromatic rings. The van der Waals surface area contributed by atoms with E-state index in [1.54, 1.807) is 0 Å². The van der Waals surface area contributed by atoms with E-state index in [0.29, 0.717) is 6.61 Å². The van der Waals surface area contributed by atoms with Gasteiger partial charge in [0.2, 0.25) is 10.4 Å². The summed E-state index contributed by atoms with van der Waals surface area (Å²) < 4.78 is 32.1. The number of aliphatic hydroxyl groups is 1. The SMILES string of the molecule is CCCCCCCCCCCCCCCCCC[N+](C)(CCO)CCCCCCCCCCCCCCCCCC.COS(=O)(=O)[O-]. The lowest BCUT2D eigenvalue weighted by Crippen LogP contribution is -2.47. The smallest absolute Gasteiger partial charge is 0.217 e. The summed E-state index contributed by atoms with van der Waals surface area (Å²) in [4.78, 5) is 0. The van der Waals surface area contributed by atoms with Crippen LogP contribution in [0.2, 0.25) is 0 Å². The van der Waals surface area contributed by atoms with Crippen molar-refractivity contribution in [1.82, 2.24) is 0 Å². The molecule has 0 rings (SSSR count). The van der Waals surface area contributed by atoms with Crippen LogP contribution in [0, 0.1) is 0 Å². The Bertz CT molecular complexity index is 652. The molecule has 47 heavy (non-hydrogen) atoms. The molecule has 0 spiro atoms. The molecule has 0 aromatic carbocycles. The summed E-state index contributed by atoms with van der Waals surface area (Å²) >= 11 is 0. The third kappa shape index (κ3) is 43.8. The molecular weight excluding hydrogens is 607 g/mol. The summed E-state index contributed by atoms with van der Waals surface area (Å²) in [5, 5.41) is 9.66. The Kier molecular flexibility index (Phi) is 40.2. The molecule has 0 amide bonds. The molecule has 0 aliphatic heterocycles. The maximum Gasteiger partial charge on any atom is 0.217 e. The summed E-state index contributed by atoms with van der Waals surface area (Å²) in [6.07, 6.45) is 45.9. The fraction of sp³-hybridized carbons (Fsp3) is 1.00. The Morgan fingerprint density at radius 3 is 0.809 bits per heavy atom. The van der Waals surface area contributed by atoms with Gasteiger partial charge in [0.25, 0.3) is 0 Å². The molecule has 0 fully saturated rings. The lowest BCUT2D eigenvalue weighted by molar-refractivity contribution is -0.910. The van der Waals surface area contributed by atoms with Gasteiger partial charge in [-0.1, -0.05) is 194 Å². The van der Waals surface area contributed by atoms with Crippen molar-refractivity contribution < 1.29 is 26.7 Å². The Morgan fingerprint density at radius 1 is 0.447 bits per heavy atom. The monoisotopic (exact) mass is 692 g/mol. The Hall–Kier alpha value is -0.210. The summed E-state index contributed by atoms with van der Waals surface area (Å²) in [5.74, 6) is 0. The number of quaternary nitrogens is 1. The highest BCUT2D eigenvalue weighted by atomic mass is 32.3. The number of aliphatic hydroxyl groups excluding tert-OH is 1. The first-order valence-corrected chi connectivity index (χ1v) is 22.0. The van der Waals surface area contributed by atoms with E-state index in [2.05, 4.69) is 25.1 Å². The van der Waals surface area contributed by atoms with Gasteiger partial charge in [0.15, 0.2) is 0 Å². The zero-order valence-corrected chi connectivity index (χ0v) is 33.2. The van der Waals surface area contributed by atoms with Crippen LogP contribution in [-0.4, -0.2) is 63.0 Å². The van der Waals surface area contributed by atoms with Crippen LogP contribution in [0.3, 0.4) is 0 Å². The molecule has 0 unspecified atom stereocenters. The van der Waals surface area contributed by atoms with Crippen LogP contribution in [0.4, 0.5) is 0 Å². The van der Waals surface area contributed by atoms with Crippen molar-refractivity contribution >= 4 is 10.4 Å². The van der Waals surface area contributed by atoms with E-state index in [0.717, 1.165) is 18.1 Å². The Balaban J connectivity index is 0.